The first-order valence-corrected chi connectivity index (χ1v) is 6.56. The molecule has 1 amide bonds. The second-order valence-electron chi connectivity index (χ2n) is 4.31. The van der Waals surface area contributed by atoms with Crippen molar-refractivity contribution >= 4 is 11.6 Å². The van der Waals surface area contributed by atoms with E-state index in [0.29, 0.717) is 18.7 Å². The lowest BCUT2D eigenvalue weighted by molar-refractivity contribution is -0.0768. The minimum atomic E-state index is -0.0430. The van der Waals surface area contributed by atoms with Gasteiger partial charge in [-0.25, -0.2) is 5.06 Å². The minimum Gasteiger partial charge on any atom is -0.372 e. The molecule has 0 unspecified atom stereocenters. The van der Waals surface area contributed by atoms with Gasteiger partial charge in [0, 0.05) is 24.3 Å². The zero-order chi connectivity index (χ0) is 13.0. The molecule has 1 aromatic carbocycles. The summed E-state index contributed by atoms with van der Waals surface area (Å²) in [7, 11) is 0. The number of hydroxylamine groups is 2. The summed E-state index contributed by atoms with van der Waals surface area (Å²) < 4.78 is 0. The van der Waals surface area contributed by atoms with Gasteiger partial charge in [0.15, 0.2) is 0 Å². The van der Waals surface area contributed by atoms with E-state index in [0.717, 1.165) is 25.2 Å². The van der Waals surface area contributed by atoms with Crippen molar-refractivity contribution in [2.24, 2.45) is 0 Å². The summed E-state index contributed by atoms with van der Waals surface area (Å²) in [6.07, 6.45) is 0.920. The molecular weight excluding hydrogens is 228 g/mol. The Kier molecular flexibility index (Phi) is 4.20. The monoisotopic (exact) mass is 248 g/mol. The summed E-state index contributed by atoms with van der Waals surface area (Å²) in [4.78, 5) is 19.6. The summed E-state index contributed by atoms with van der Waals surface area (Å²) in [6.45, 7) is 7.53. The minimum absolute atomic E-state index is 0.0430. The van der Waals surface area contributed by atoms with E-state index >= 15 is 0 Å². The van der Waals surface area contributed by atoms with Crippen LogP contribution >= 0.6 is 0 Å². The number of anilines is 1. The van der Waals surface area contributed by atoms with E-state index in [4.69, 9.17) is 4.84 Å². The highest BCUT2D eigenvalue weighted by Gasteiger charge is 2.20. The van der Waals surface area contributed by atoms with Crippen molar-refractivity contribution in [3.63, 3.8) is 0 Å². The predicted octanol–water partition coefficient (Wildman–Crippen LogP) is 2.31. The van der Waals surface area contributed by atoms with Crippen LogP contribution in [0.4, 0.5) is 5.69 Å². The molecule has 1 fully saturated rings. The van der Waals surface area contributed by atoms with E-state index in [1.54, 1.807) is 0 Å². The van der Waals surface area contributed by atoms with Gasteiger partial charge >= 0.3 is 0 Å². The van der Waals surface area contributed by atoms with Gasteiger partial charge in [-0.2, -0.15) is 0 Å². The quantitative estimate of drug-likeness (QED) is 0.819. The topological polar surface area (TPSA) is 32.8 Å². The van der Waals surface area contributed by atoms with Crippen molar-refractivity contribution in [2.75, 3.05) is 31.1 Å². The first-order chi connectivity index (χ1) is 8.76. The maximum atomic E-state index is 12.1. The molecule has 2 rings (SSSR count). The molecule has 98 valence electrons. The normalized spacial score (nSPS) is 14.9. The van der Waals surface area contributed by atoms with Crippen LogP contribution in [-0.2, 0) is 4.84 Å². The molecule has 0 aromatic heterocycles. The number of rotatable bonds is 4. The standard InChI is InChI=1S/C14H20N2O2/c1-3-15(4-2)13-8-6-12(7-9-13)14(17)16-10-5-11-18-16/h6-9H,3-5,10-11H2,1-2H3. The summed E-state index contributed by atoms with van der Waals surface area (Å²) in [5, 5.41) is 1.45. The molecule has 0 radical (unpaired) electrons. The Labute approximate surface area is 108 Å². The zero-order valence-corrected chi connectivity index (χ0v) is 11.1. The Morgan fingerprint density at radius 2 is 1.94 bits per heavy atom. The van der Waals surface area contributed by atoms with Crippen LogP contribution in [0.2, 0.25) is 0 Å². The van der Waals surface area contributed by atoms with Gasteiger partial charge in [0.25, 0.3) is 5.91 Å². The van der Waals surface area contributed by atoms with E-state index in [-0.39, 0.29) is 5.91 Å². The SMILES string of the molecule is CCN(CC)c1ccc(C(=O)N2CCCO2)cc1. The molecule has 18 heavy (non-hydrogen) atoms. The third-order valence-corrected chi connectivity index (χ3v) is 3.22. The van der Waals surface area contributed by atoms with Crippen molar-refractivity contribution in [1.82, 2.24) is 5.06 Å². The molecule has 0 spiro atoms. The van der Waals surface area contributed by atoms with Gasteiger partial charge in [-0.1, -0.05) is 0 Å². The Balaban J connectivity index is 2.09. The number of nitrogens with zero attached hydrogens (tertiary/aromatic N) is 2. The van der Waals surface area contributed by atoms with Crippen LogP contribution in [0.15, 0.2) is 24.3 Å². The van der Waals surface area contributed by atoms with E-state index in [2.05, 4.69) is 18.7 Å². The average molecular weight is 248 g/mol. The number of carbonyl (C=O) groups is 1. The number of benzene rings is 1. The Bertz CT molecular complexity index is 393. The molecule has 1 aliphatic rings. The van der Waals surface area contributed by atoms with Gasteiger partial charge in [0.2, 0.25) is 0 Å². The molecule has 1 aromatic rings. The van der Waals surface area contributed by atoms with Crippen LogP contribution in [0.1, 0.15) is 30.6 Å². The van der Waals surface area contributed by atoms with E-state index in [1.807, 2.05) is 24.3 Å². The maximum Gasteiger partial charge on any atom is 0.277 e. The van der Waals surface area contributed by atoms with Gasteiger partial charge in [0.1, 0.15) is 0 Å². The van der Waals surface area contributed by atoms with Crippen molar-refractivity contribution in [3.8, 4) is 0 Å². The summed E-state index contributed by atoms with van der Waals surface area (Å²) in [5.41, 5.74) is 1.84. The van der Waals surface area contributed by atoms with Crippen LogP contribution in [-0.4, -0.2) is 37.2 Å². The largest absolute Gasteiger partial charge is 0.372 e. The lowest BCUT2D eigenvalue weighted by Crippen LogP contribution is -2.26. The second kappa shape index (κ2) is 5.87. The third-order valence-electron chi connectivity index (χ3n) is 3.22. The molecule has 4 nitrogen and oxygen atoms in total. The molecule has 0 bridgehead atoms. The molecule has 0 saturated carbocycles. The van der Waals surface area contributed by atoms with E-state index in [9.17, 15) is 4.79 Å². The molecule has 4 heteroatoms. The zero-order valence-electron chi connectivity index (χ0n) is 11.1. The first-order valence-electron chi connectivity index (χ1n) is 6.56. The Hall–Kier alpha value is -1.55. The van der Waals surface area contributed by atoms with Gasteiger partial charge in [-0.05, 0) is 44.5 Å². The summed E-state index contributed by atoms with van der Waals surface area (Å²) >= 11 is 0. The molecule has 0 aliphatic carbocycles. The van der Waals surface area contributed by atoms with Crippen LogP contribution in [0, 0.1) is 0 Å². The lowest BCUT2D eigenvalue weighted by atomic mass is 10.2. The fourth-order valence-electron chi connectivity index (χ4n) is 2.16. The molecule has 0 atom stereocenters. The van der Waals surface area contributed by atoms with Crippen LogP contribution in [0.3, 0.4) is 0 Å². The number of carbonyl (C=O) groups excluding carboxylic acids is 1. The second-order valence-corrected chi connectivity index (χ2v) is 4.31. The summed E-state index contributed by atoms with van der Waals surface area (Å²) in [5.74, 6) is -0.0430. The highest BCUT2D eigenvalue weighted by Crippen LogP contribution is 2.17. The van der Waals surface area contributed by atoms with E-state index in [1.165, 1.54) is 5.06 Å². The van der Waals surface area contributed by atoms with Crippen molar-refractivity contribution < 1.29 is 9.63 Å². The highest BCUT2D eigenvalue weighted by atomic mass is 16.7. The summed E-state index contributed by atoms with van der Waals surface area (Å²) in [6, 6.07) is 7.74. The van der Waals surface area contributed by atoms with Gasteiger partial charge in [-0.3, -0.25) is 9.63 Å². The van der Waals surface area contributed by atoms with Gasteiger partial charge < -0.3 is 4.90 Å². The van der Waals surface area contributed by atoms with E-state index < -0.39 is 0 Å². The Morgan fingerprint density at radius 3 is 2.44 bits per heavy atom. The Morgan fingerprint density at radius 1 is 1.28 bits per heavy atom. The third kappa shape index (κ3) is 2.64. The van der Waals surface area contributed by atoms with Crippen LogP contribution < -0.4 is 4.90 Å². The molecule has 1 aliphatic heterocycles. The van der Waals surface area contributed by atoms with Gasteiger partial charge in [-0.15, -0.1) is 0 Å². The number of hydrogen-bond donors (Lipinski definition) is 0. The average Bonchev–Trinajstić information content (AvgIpc) is 2.94. The number of amides is 1. The van der Waals surface area contributed by atoms with Gasteiger partial charge in [0.05, 0.1) is 13.2 Å². The fraction of sp³-hybridized carbons (Fsp3) is 0.500. The predicted molar refractivity (Wildman–Crippen MR) is 71.6 cm³/mol. The van der Waals surface area contributed by atoms with Crippen LogP contribution in [0.5, 0.6) is 0 Å². The number of hydrogen-bond acceptors (Lipinski definition) is 3. The molecule has 1 saturated heterocycles. The van der Waals surface area contributed by atoms with Crippen LogP contribution in [0.25, 0.3) is 0 Å². The first kappa shape index (κ1) is 12.9. The van der Waals surface area contributed by atoms with Crippen molar-refractivity contribution in [2.45, 2.75) is 20.3 Å². The molecule has 0 N–H and O–H groups in total. The highest BCUT2D eigenvalue weighted by molar-refractivity contribution is 5.94. The fourth-order valence-corrected chi connectivity index (χ4v) is 2.16. The van der Waals surface area contributed by atoms with Crippen molar-refractivity contribution in [1.29, 1.82) is 0 Å². The molecule has 1 heterocycles. The lowest BCUT2D eigenvalue weighted by Gasteiger charge is -2.21. The maximum absolute atomic E-state index is 12.1. The van der Waals surface area contributed by atoms with Crippen molar-refractivity contribution in [3.05, 3.63) is 29.8 Å². The smallest absolute Gasteiger partial charge is 0.277 e. The molecular formula is C14H20N2O2.